The van der Waals surface area contributed by atoms with Crippen molar-refractivity contribution in [1.82, 2.24) is 0 Å². The Hall–Kier alpha value is -1.42. The summed E-state index contributed by atoms with van der Waals surface area (Å²) in [7, 11) is 0. The first kappa shape index (κ1) is 11.1. The van der Waals surface area contributed by atoms with Crippen molar-refractivity contribution in [3.63, 3.8) is 0 Å². The normalized spacial score (nSPS) is 15.6. The van der Waals surface area contributed by atoms with Gasteiger partial charge in [0.25, 0.3) is 0 Å². The SMILES string of the molecule is NCC(=O)c1cc(F)ccc1OC1CCC1. The number of hydrogen-bond acceptors (Lipinski definition) is 3. The van der Waals surface area contributed by atoms with Gasteiger partial charge in [0.2, 0.25) is 0 Å². The Morgan fingerprint density at radius 3 is 2.81 bits per heavy atom. The Kier molecular flexibility index (Phi) is 3.19. The largest absolute Gasteiger partial charge is 0.490 e. The number of ether oxygens (including phenoxy) is 1. The van der Waals surface area contributed by atoms with E-state index in [1.165, 1.54) is 18.2 Å². The average Bonchev–Trinajstić information content (AvgIpc) is 2.23. The number of rotatable bonds is 4. The van der Waals surface area contributed by atoms with E-state index in [2.05, 4.69) is 0 Å². The van der Waals surface area contributed by atoms with Crippen molar-refractivity contribution in [3.05, 3.63) is 29.6 Å². The molecule has 1 aliphatic carbocycles. The molecule has 1 aromatic carbocycles. The molecular weight excluding hydrogens is 209 g/mol. The Morgan fingerprint density at radius 1 is 1.50 bits per heavy atom. The van der Waals surface area contributed by atoms with E-state index in [4.69, 9.17) is 10.5 Å². The van der Waals surface area contributed by atoms with Crippen LogP contribution in [0.15, 0.2) is 18.2 Å². The number of ketones is 1. The summed E-state index contributed by atoms with van der Waals surface area (Å²) in [6, 6.07) is 3.97. The van der Waals surface area contributed by atoms with Crippen molar-refractivity contribution in [3.8, 4) is 5.75 Å². The molecule has 0 unspecified atom stereocenters. The van der Waals surface area contributed by atoms with Gasteiger partial charge in [-0.15, -0.1) is 0 Å². The van der Waals surface area contributed by atoms with Crippen molar-refractivity contribution in [2.45, 2.75) is 25.4 Å². The van der Waals surface area contributed by atoms with E-state index in [0.717, 1.165) is 19.3 Å². The molecule has 1 fully saturated rings. The quantitative estimate of drug-likeness (QED) is 0.793. The number of Topliss-reactive ketones (excluding diaryl/α,β-unsaturated/α-hetero) is 1. The fourth-order valence-electron chi connectivity index (χ4n) is 1.60. The maximum atomic E-state index is 13.0. The molecule has 0 bridgehead atoms. The van der Waals surface area contributed by atoms with Crippen molar-refractivity contribution < 1.29 is 13.9 Å². The van der Waals surface area contributed by atoms with Gasteiger partial charge in [0.05, 0.1) is 18.2 Å². The van der Waals surface area contributed by atoms with Crippen LogP contribution in [0.2, 0.25) is 0 Å². The molecule has 1 aromatic rings. The topological polar surface area (TPSA) is 52.3 Å². The lowest BCUT2D eigenvalue weighted by atomic mass is 9.96. The number of benzene rings is 1. The van der Waals surface area contributed by atoms with Crippen molar-refractivity contribution in [1.29, 1.82) is 0 Å². The molecule has 2 N–H and O–H groups in total. The first-order chi connectivity index (χ1) is 7.70. The highest BCUT2D eigenvalue weighted by atomic mass is 19.1. The summed E-state index contributed by atoms with van der Waals surface area (Å²) >= 11 is 0. The molecule has 0 aromatic heterocycles. The van der Waals surface area contributed by atoms with Crippen LogP contribution < -0.4 is 10.5 Å². The number of nitrogens with two attached hydrogens (primary N) is 1. The van der Waals surface area contributed by atoms with Gasteiger partial charge < -0.3 is 10.5 Å². The van der Waals surface area contributed by atoms with Crippen LogP contribution in [0.1, 0.15) is 29.6 Å². The third-order valence-electron chi connectivity index (χ3n) is 2.77. The predicted octanol–water partition coefficient (Wildman–Crippen LogP) is 1.90. The van der Waals surface area contributed by atoms with E-state index < -0.39 is 5.82 Å². The van der Waals surface area contributed by atoms with Gasteiger partial charge >= 0.3 is 0 Å². The van der Waals surface area contributed by atoms with Crippen LogP contribution in [-0.2, 0) is 0 Å². The fourth-order valence-corrected chi connectivity index (χ4v) is 1.60. The van der Waals surface area contributed by atoms with E-state index in [0.29, 0.717) is 5.75 Å². The highest BCUT2D eigenvalue weighted by Crippen LogP contribution is 2.28. The van der Waals surface area contributed by atoms with Gasteiger partial charge in [0.1, 0.15) is 11.6 Å². The second-order valence-electron chi connectivity index (χ2n) is 3.94. The highest BCUT2D eigenvalue weighted by Gasteiger charge is 2.21. The van der Waals surface area contributed by atoms with Gasteiger partial charge in [-0.05, 0) is 37.5 Å². The maximum absolute atomic E-state index is 13.0. The molecule has 1 aliphatic rings. The summed E-state index contributed by atoms with van der Waals surface area (Å²) in [5.74, 6) is -0.298. The van der Waals surface area contributed by atoms with Crippen molar-refractivity contribution >= 4 is 5.78 Å². The molecule has 86 valence electrons. The zero-order valence-corrected chi connectivity index (χ0v) is 8.91. The molecule has 4 heteroatoms. The minimum Gasteiger partial charge on any atom is -0.490 e. The standard InChI is InChI=1S/C12H14FNO2/c13-8-4-5-12(16-9-2-1-3-9)10(6-8)11(15)7-14/h4-6,9H,1-3,7,14H2. The number of carbonyl (C=O) groups excluding carboxylic acids is 1. The molecule has 0 spiro atoms. The van der Waals surface area contributed by atoms with E-state index in [9.17, 15) is 9.18 Å². The van der Waals surface area contributed by atoms with Gasteiger partial charge in [-0.25, -0.2) is 4.39 Å². The van der Waals surface area contributed by atoms with E-state index >= 15 is 0 Å². The lowest BCUT2D eigenvalue weighted by molar-refractivity contribution is 0.0971. The fraction of sp³-hybridized carbons (Fsp3) is 0.417. The third kappa shape index (κ3) is 2.22. The summed E-state index contributed by atoms with van der Waals surface area (Å²) in [6.45, 7) is -0.134. The minimum absolute atomic E-state index is 0.134. The molecule has 0 heterocycles. The minimum atomic E-state index is -0.447. The average molecular weight is 223 g/mol. The first-order valence-corrected chi connectivity index (χ1v) is 5.40. The Labute approximate surface area is 93.4 Å². The second-order valence-corrected chi connectivity index (χ2v) is 3.94. The molecule has 0 saturated heterocycles. The molecule has 0 radical (unpaired) electrons. The molecule has 0 amide bonds. The monoisotopic (exact) mass is 223 g/mol. The molecule has 16 heavy (non-hydrogen) atoms. The van der Waals surface area contributed by atoms with Crippen LogP contribution in [0.3, 0.4) is 0 Å². The summed E-state index contributed by atoms with van der Waals surface area (Å²) in [5, 5.41) is 0. The second kappa shape index (κ2) is 4.61. The Morgan fingerprint density at radius 2 is 2.25 bits per heavy atom. The number of halogens is 1. The van der Waals surface area contributed by atoms with Crippen molar-refractivity contribution in [2.24, 2.45) is 5.73 Å². The van der Waals surface area contributed by atoms with Crippen LogP contribution in [0.5, 0.6) is 5.75 Å². The summed E-state index contributed by atoms with van der Waals surface area (Å²) in [4.78, 5) is 11.5. The van der Waals surface area contributed by atoms with Crippen molar-refractivity contribution in [2.75, 3.05) is 6.54 Å². The summed E-state index contributed by atoms with van der Waals surface area (Å²) in [6.07, 6.45) is 3.29. The van der Waals surface area contributed by atoms with Gasteiger partial charge in [-0.2, -0.15) is 0 Å². The third-order valence-corrected chi connectivity index (χ3v) is 2.77. The van der Waals surface area contributed by atoms with Gasteiger partial charge in [-0.1, -0.05) is 0 Å². The van der Waals surface area contributed by atoms with Crippen LogP contribution in [0.25, 0.3) is 0 Å². The lowest BCUT2D eigenvalue weighted by Crippen LogP contribution is -2.26. The highest BCUT2D eigenvalue weighted by molar-refractivity contribution is 6.00. The molecule has 0 aliphatic heterocycles. The number of carbonyl (C=O) groups is 1. The molecular formula is C12H14FNO2. The van der Waals surface area contributed by atoms with Gasteiger partial charge in [-0.3, -0.25) is 4.79 Å². The summed E-state index contributed by atoms with van der Waals surface area (Å²) < 4.78 is 18.6. The predicted molar refractivity (Wildman–Crippen MR) is 58.1 cm³/mol. The molecule has 3 nitrogen and oxygen atoms in total. The van der Waals surface area contributed by atoms with Crippen LogP contribution in [0.4, 0.5) is 4.39 Å². The molecule has 2 rings (SSSR count). The van der Waals surface area contributed by atoms with Crippen LogP contribution >= 0.6 is 0 Å². The van der Waals surface area contributed by atoms with E-state index in [1.54, 1.807) is 0 Å². The van der Waals surface area contributed by atoms with Crippen LogP contribution in [0, 0.1) is 5.82 Å². The zero-order chi connectivity index (χ0) is 11.5. The number of hydrogen-bond donors (Lipinski definition) is 1. The van der Waals surface area contributed by atoms with Gasteiger partial charge in [0.15, 0.2) is 5.78 Å². The zero-order valence-electron chi connectivity index (χ0n) is 8.91. The lowest BCUT2D eigenvalue weighted by Gasteiger charge is -2.27. The summed E-state index contributed by atoms with van der Waals surface area (Å²) in [5.41, 5.74) is 5.52. The van der Waals surface area contributed by atoms with Crippen LogP contribution in [-0.4, -0.2) is 18.4 Å². The molecule has 1 saturated carbocycles. The Bertz CT molecular complexity index is 402. The smallest absolute Gasteiger partial charge is 0.180 e. The maximum Gasteiger partial charge on any atom is 0.180 e. The van der Waals surface area contributed by atoms with E-state index in [1.807, 2.05) is 0 Å². The Balaban J connectivity index is 2.23. The van der Waals surface area contributed by atoms with Gasteiger partial charge in [0, 0.05) is 0 Å². The molecule has 0 atom stereocenters. The van der Waals surface area contributed by atoms with E-state index in [-0.39, 0.29) is 24.0 Å². The first-order valence-electron chi connectivity index (χ1n) is 5.40.